The summed E-state index contributed by atoms with van der Waals surface area (Å²) in [6, 6.07) is 8.45. The molecule has 9 heavy (non-hydrogen) atoms. The highest BCUT2D eigenvalue weighted by atomic mass is 24.3. The molecular weight excluding hydrogens is 120 g/mol. The molecule has 0 nitrogen and oxygen atoms in total. The highest BCUT2D eigenvalue weighted by Gasteiger charge is 1.80. The van der Waals surface area contributed by atoms with Crippen molar-refractivity contribution in [3.8, 4) is 0 Å². The minimum absolute atomic E-state index is 0. The standard InChI is InChI=1S/C8H10.Mg.2H/c1-7-4-3-5-8(2)6-7;;;/h3-6H,1-2H3;;;. The Balaban J connectivity index is 0.000000640. The Bertz CT molecular complexity index is 164. The maximum atomic E-state index is 2.17. The zero-order valence-corrected chi connectivity index (χ0v) is 5.31. The molecule has 0 aromatic heterocycles. The van der Waals surface area contributed by atoms with Crippen LogP contribution in [0.5, 0.6) is 0 Å². The summed E-state index contributed by atoms with van der Waals surface area (Å²) in [7, 11) is 0. The van der Waals surface area contributed by atoms with Crippen molar-refractivity contribution in [1.82, 2.24) is 0 Å². The minimum atomic E-state index is 0. The van der Waals surface area contributed by atoms with Crippen molar-refractivity contribution in [2.75, 3.05) is 0 Å². The molecule has 1 rings (SSSR count). The molecule has 0 N–H and O–H groups in total. The van der Waals surface area contributed by atoms with Crippen molar-refractivity contribution < 1.29 is 0 Å². The molecular formula is C8H12Mg. The van der Waals surface area contributed by atoms with Gasteiger partial charge in [-0.05, 0) is 13.8 Å². The quantitative estimate of drug-likeness (QED) is 0.468. The Morgan fingerprint density at radius 2 is 1.44 bits per heavy atom. The van der Waals surface area contributed by atoms with Gasteiger partial charge in [-0.25, -0.2) is 0 Å². The van der Waals surface area contributed by atoms with Crippen LogP contribution < -0.4 is 0 Å². The van der Waals surface area contributed by atoms with Crippen molar-refractivity contribution in [2.24, 2.45) is 0 Å². The third kappa shape index (κ3) is 2.87. The fourth-order valence-corrected chi connectivity index (χ4v) is 0.807. The van der Waals surface area contributed by atoms with Gasteiger partial charge in [0.1, 0.15) is 0 Å². The molecule has 46 valence electrons. The Labute approximate surface area is 72.4 Å². The summed E-state index contributed by atoms with van der Waals surface area (Å²) in [5.41, 5.74) is 2.68. The van der Waals surface area contributed by atoms with Crippen molar-refractivity contribution in [1.29, 1.82) is 0 Å². The Kier molecular flexibility index (Phi) is 3.90. The first-order valence-corrected chi connectivity index (χ1v) is 2.82. The lowest BCUT2D eigenvalue weighted by Gasteiger charge is -1.90. The van der Waals surface area contributed by atoms with Gasteiger partial charge in [0.25, 0.3) is 0 Å². The summed E-state index contributed by atoms with van der Waals surface area (Å²) in [5, 5.41) is 0. The molecule has 1 aromatic rings. The van der Waals surface area contributed by atoms with Crippen LogP contribution in [-0.2, 0) is 0 Å². The third-order valence-electron chi connectivity index (χ3n) is 1.17. The smallest absolute Gasteiger partial charge is 0.0617 e. The van der Waals surface area contributed by atoms with Crippen molar-refractivity contribution >= 4 is 23.1 Å². The molecule has 0 saturated heterocycles. The summed E-state index contributed by atoms with van der Waals surface area (Å²) in [5.74, 6) is 0. The Hall–Kier alpha value is -0.0138. The topological polar surface area (TPSA) is 0 Å². The number of rotatable bonds is 0. The van der Waals surface area contributed by atoms with Gasteiger partial charge >= 0.3 is 23.1 Å². The zero-order valence-electron chi connectivity index (χ0n) is 5.31. The zero-order chi connectivity index (χ0) is 5.98. The van der Waals surface area contributed by atoms with Gasteiger partial charge < -0.3 is 0 Å². The molecule has 0 atom stereocenters. The van der Waals surface area contributed by atoms with Gasteiger partial charge in [-0.2, -0.15) is 0 Å². The minimum Gasteiger partial charge on any atom is -0.0617 e. The first kappa shape index (κ1) is 8.99. The number of hydrogen-bond donors (Lipinski definition) is 0. The molecule has 0 saturated carbocycles. The van der Waals surface area contributed by atoms with Crippen molar-refractivity contribution in [3.63, 3.8) is 0 Å². The van der Waals surface area contributed by atoms with Gasteiger partial charge in [0.15, 0.2) is 0 Å². The first-order chi connectivity index (χ1) is 3.79. The SMILES string of the molecule is Cc1cccc(C)c1.[MgH2]. The Morgan fingerprint density at radius 1 is 1.00 bits per heavy atom. The van der Waals surface area contributed by atoms with Crippen LogP contribution in [0, 0.1) is 13.8 Å². The number of aryl methyl sites for hydroxylation is 2. The van der Waals surface area contributed by atoms with E-state index in [-0.39, 0.29) is 23.1 Å². The summed E-state index contributed by atoms with van der Waals surface area (Å²) in [6.07, 6.45) is 0. The predicted molar refractivity (Wildman–Crippen MR) is 44.5 cm³/mol. The predicted octanol–water partition coefficient (Wildman–Crippen LogP) is 1.39. The van der Waals surface area contributed by atoms with E-state index >= 15 is 0 Å². The van der Waals surface area contributed by atoms with Gasteiger partial charge in [-0.1, -0.05) is 35.4 Å². The fourth-order valence-electron chi connectivity index (χ4n) is 0.807. The normalized spacial score (nSPS) is 8.22. The van der Waals surface area contributed by atoms with Gasteiger partial charge in [0, 0.05) is 0 Å². The highest BCUT2D eigenvalue weighted by Crippen LogP contribution is 2.00. The lowest BCUT2D eigenvalue weighted by molar-refractivity contribution is 1.39. The first-order valence-electron chi connectivity index (χ1n) is 2.82. The van der Waals surface area contributed by atoms with Crippen LogP contribution in [0.3, 0.4) is 0 Å². The van der Waals surface area contributed by atoms with Crippen LogP contribution in [0.4, 0.5) is 0 Å². The van der Waals surface area contributed by atoms with Crippen LogP contribution in [0.25, 0.3) is 0 Å². The molecule has 0 unspecified atom stereocenters. The van der Waals surface area contributed by atoms with E-state index in [0.717, 1.165) is 0 Å². The van der Waals surface area contributed by atoms with Crippen LogP contribution >= 0.6 is 0 Å². The average molecular weight is 132 g/mol. The maximum absolute atomic E-state index is 2.17. The van der Waals surface area contributed by atoms with Crippen LogP contribution in [0.2, 0.25) is 0 Å². The average Bonchev–Trinajstić information content (AvgIpc) is 1.64. The summed E-state index contributed by atoms with van der Waals surface area (Å²) in [4.78, 5) is 0. The third-order valence-corrected chi connectivity index (χ3v) is 1.17. The van der Waals surface area contributed by atoms with E-state index in [1.54, 1.807) is 0 Å². The second kappa shape index (κ2) is 3.91. The maximum Gasteiger partial charge on any atom is 0.316 e. The van der Waals surface area contributed by atoms with E-state index in [1.807, 2.05) is 0 Å². The van der Waals surface area contributed by atoms with E-state index < -0.39 is 0 Å². The van der Waals surface area contributed by atoms with E-state index in [9.17, 15) is 0 Å². The Morgan fingerprint density at radius 3 is 1.67 bits per heavy atom. The van der Waals surface area contributed by atoms with Crippen LogP contribution in [-0.4, -0.2) is 23.1 Å². The van der Waals surface area contributed by atoms with Gasteiger partial charge in [0.05, 0.1) is 0 Å². The summed E-state index contributed by atoms with van der Waals surface area (Å²) < 4.78 is 0. The summed E-state index contributed by atoms with van der Waals surface area (Å²) in [6.45, 7) is 4.21. The van der Waals surface area contributed by atoms with Crippen LogP contribution in [0.1, 0.15) is 11.1 Å². The van der Waals surface area contributed by atoms with Crippen LogP contribution in [0.15, 0.2) is 24.3 Å². The molecule has 0 aliphatic carbocycles. The largest absolute Gasteiger partial charge is 0.316 e. The van der Waals surface area contributed by atoms with Crippen molar-refractivity contribution in [3.05, 3.63) is 35.4 Å². The van der Waals surface area contributed by atoms with Gasteiger partial charge in [-0.3, -0.25) is 0 Å². The second-order valence-electron chi connectivity index (χ2n) is 2.16. The van der Waals surface area contributed by atoms with E-state index in [4.69, 9.17) is 0 Å². The highest BCUT2D eigenvalue weighted by molar-refractivity contribution is 5.75. The molecule has 1 aromatic carbocycles. The molecule has 0 amide bonds. The van der Waals surface area contributed by atoms with E-state index in [2.05, 4.69) is 38.1 Å². The molecule has 0 heterocycles. The molecule has 0 radical (unpaired) electrons. The molecule has 0 aliphatic heterocycles. The fraction of sp³-hybridized carbons (Fsp3) is 0.250. The second-order valence-corrected chi connectivity index (χ2v) is 2.16. The molecule has 0 spiro atoms. The van der Waals surface area contributed by atoms with E-state index in [1.165, 1.54) is 11.1 Å². The number of benzene rings is 1. The lowest BCUT2D eigenvalue weighted by Crippen LogP contribution is -1.71. The van der Waals surface area contributed by atoms with Crippen molar-refractivity contribution in [2.45, 2.75) is 13.8 Å². The molecule has 1 heteroatoms. The number of hydrogen-bond acceptors (Lipinski definition) is 0. The monoisotopic (exact) mass is 132 g/mol. The lowest BCUT2D eigenvalue weighted by atomic mass is 10.2. The van der Waals surface area contributed by atoms with Gasteiger partial charge in [-0.15, -0.1) is 0 Å². The van der Waals surface area contributed by atoms with E-state index in [0.29, 0.717) is 0 Å². The van der Waals surface area contributed by atoms with Gasteiger partial charge in [0.2, 0.25) is 0 Å². The molecule has 0 bridgehead atoms. The molecule has 0 fully saturated rings. The molecule has 0 aliphatic rings. The summed E-state index contributed by atoms with van der Waals surface area (Å²) >= 11 is 0.